The van der Waals surface area contributed by atoms with Gasteiger partial charge < -0.3 is 5.32 Å². The summed E-state index contributed by atoms with van der Waals surface area (Å²) < 4.78 is 0. The molecule has 50 valence electrons. The summed E-state index contributed by atoms with van der Waals surface area (Å²) in [5, 5.41) is 2.97. The second-order valence-electron chi connectivity index (χ2n) is 1.53. The number of hydrogen-bond acceptors (Lipinski definition) is 3. The highest BCUT2D eigenvalue weighted by Gasteiger charge is 1.78. The van der Waals surface area contributed by atoms with Crippen LogP contribution in [0.2, 0.25) is 0 Å². The van der Waals surface area contributed by atoms with Gasteiger partial charge in [0.15, 0.2) is 0 Å². The third-order valence-electron chi connectivity index (χ3n) is 0.451. The minimum atomic E-state index is 0.530. The Labute approximate surface area is 50.7 Å². The van der Waals surface area contributed by atoms with Crippen LogP contribution in [-0.4, -0.2) is 6.04 Å². The highest BCUT2D eigenvalue weighted by molar-refractivity contribution is 4.65. The van der Waals surface area contributed by atoms with Gasteiger partial charge in [0, 0.05) is 6.04 Å². The molecule has 0 unspecified atom stereocenters. The van der Waals surface area contributed by atoms with Crippen molar-refractivity contribution in [3.8, 4) is 0 Å². The molecule has 0 aliphatic rings. The lowest BCUT2D eigenvalue weighted by atomic mass is 10.4. The topological polar surface area (TPSA) is 64.1 Å². The molecule has 0 aliphatic carbocycles. The van der Waals surface area contributed by atoms with Gasteiger partial charge in [0.05, 0.1) is 0 Å². The third kappa shape index (κ3) is 17.9. The first-order valence-electron chi connectivity index (χ1n) is 2.47. The van der Waals surface area contributed by atoms with Crippen LogP contribution < -0.4 is 17.0 Å². The average molecular weight is 117 g/mol. The summed E-state index contributed by atoms with van der Waals surface area (Å²) in [6, 6.07) is 0.530. The van der Waals surface area contributed by atoms with Gasteiger partial charge in [-0.3, -0.25) is 11.7 Å². The van der Waals surface area contributed by atoms with Crippen LogP contribution in [0.4, 0.5) is 0 Å². The molecule has 0 aliphatic heterocycles. The van der Waals surface area contributed by atoms with Gasteiger partial charge >= 0.3 is 0 Å². The van der Waals surface area contributed by atoms with E-state index in [0.29, 0.717) is 6.04 Å². The van der Waals surface area contributed by atoms with Gasteiger partial charge in [0.25, 0.3) is 0 Å². The smallest absolute Gasteiger partial charge is 0.0199 e. The molecule has 0 heterocycles. The summed E-state index contributed by atoms with van der Waals surface area (Å²) in [6.45, 7) is 7.63. The molecule has 0 fully saturated rings. The molecule has 0 amide bonds. The lowest BCUT2D eigenvalue weighted by molar-refractivity contribution is 0.704. The Hall–Kier alpha value is -0.540. The monoisotopic (exact) mass is 117 g/mol. The first kappa shape index (κ1) is 10.4. The fourth-order valence-electron chi connectivity index (χ4n) is 0.236. The molecule has 0 saturated carbocycles. The molecule has 3 heteroatoms. The summed E-state index contributed by atoms with van der Waals surface area (Å²) in [4.78, 5) is 0. The predicted molar refractivity (Wildman–Crippen MR) is 36.8 cm³/mol. The van der Waals surface area contributed by atoms with Crippen molar-refractivity contribution in [1.82, 2.24) is 5.32 Å². The zero-order chi connectivity index (χ0) is 6.99. The summed E-state index contributed by atoms with van der Waals surface area (Å²) in [7, 11) is 0. The van der Waals surface area contributed by atoms with Gasteiger partial charge in [-0.15, -0.1) is 0 Å². The predicted octanol–water partition coefficient (Wildman–Crippen LogP) is -0.0533. The van der Waals surface area contributed by atoms with Gasteiger partial charge in [-0.1, -0.05) is 6.58 Å². The molecule has 0 aromatic heterocycles. The van der Waals surface area contributed by atoms with Crippen molar-refractivity contribution in [2.24, 2.45) is 11.7 Å². The highest BCUT2D eigenvalue weighted by atomic mass is 15.0. The number of hydrogen-bond donors (Lipinski definition) is 3. The molecule has 8 heavy (non-hydrogen) atoms. The lowest BCUT2D eigenvalue weighted by Gasteiger charge is -1.99. The molecular weight excluding hydrogens is 102 g/mol. The fourth-order valence-corrected chi connectivity index (χ4v) is 0.236. The normalized spacial score (nSPS) is 7.12. The lowest BCUT2D eigenvalue weighted by Crippen LogP contribution is -2.14. The highest BCUT2D eigenvalue weighted by Crippen LogP contribution is 1.71. The minimum Gasteiger partial charge on any atom is -0.389 e. The molecule has 0 aromatic carbocycles. The zero-order valence-corrected chi connectivity index (χ0v) is 5.52. The van der Waals surface area contributed by atoms with Crippen LogP contribution in [0.15, 0.2) is 12.8 Å². The number of hydrazine groups is 1. The van der Waals surface area contributed by atoms with E-state index in [1.165, 1.54) is 0 Å². The second kappa shape index (κ2) is 9.68. The molecule has 0 rings (SSSR count). The first-order valence-corrected chi connectivity index (χ1v) is 2.47. The Morgan fingerprint density at radius 3 is 1.88 bits per heavy atom. The van der Waals surface area contributed by atoms with E-state index in [1.54, 1.807) is 6.20 Å². The van der Waals surface area contributed by atoms with Crippen molar-refractivity contribution in [3.05, 3.63) is 12.8 Å². The summed E-state index contributed by atoms with van der Waals surface area (Å²) in [5.74, 6) is 8.00. The Balaban J connectivity index is 0. The van der Waals surface area contributed by atoms with E-state index >= 15 is 0 Å². The van der Waals surface area contributed by atoms with E-state index < -0.39 is 0 Å². The van der Waals surface area contributed by atoms with Crippen molar-refractivity contribution >= 4 is 0 Å². The standard InChI is InChI=1S/C5H11N.H4N2/c1-4-6-5(2)3;1-2/h4-6H,1H2,2-3H3;1-2H2. The van der Waals surface area contributed by atoms with E-state index in [0.717, 1.165) is 0 Å². The van der Waals surface area contributed by atoms with Gasteiger partial charge in [0.2, 0.25) is 0 Å². The van der Waals surface area contributed by atoms with Gasteiger partial charge in [-0.25, -0.2) is 0 Å². The van der Waals surface area contributed by atoms with Crippen LogP contribution in [0.25, 0.3) is 0 Å². The maximum Gasteiger partial charge on any atom is 0.0199 e. The van der Waals surface area contributed by atoms with E-state index in [-0.39, 0.29) is 0 Å². The Morgan fingerprint density at radius 1 is 1.50 bits per heavy atom. The number of nitrogens with two attached hydrogens (primary N) is 2. The van der Waals surface area contributed by atoms with E-state index in [2.05, 4.69) is 37.4 Å². The van der Waals surface area contributed by atoms with Crippen LogP contribution in [-0.2, 0) is 0 Å². The largest absolute Gasteiger partial charge is 0.389 e. The molecule has 0 radical (unpaired) electrons. The zero-order valence-electron chi connectivity index (χ0n) is 5.52. The van der Waals surface area contributed by atoms with Crippen molar-refractivity contribution in [1.29, 1.82) is 0 Å². The Morgan fingerprint density at radius 2 is 1.88 bits per heavy atom. The van der Waals surface area contributed by atoms with Crippen molar-refractivity contribution < 1.29 is 0 Å². The van der Waals surface area contributed by atoms with Crippen LogP contribution >= 0.6 is 0 Å². The first-order chi connectivity index (χ1) is 3.77. The van der Waals surface area contributed by atoms with Crippen LogP contribution in [0.3, 0.4) is 0 Å². The van der Waals surface area contributed by atoms with Crippen molar-refractivity contribution in [2.45, 2.75) is 19.9 Å². The summed E-state index contributed by atoms with van der Waals surface area (Å²) >= 11 is 0. The van der Waals surface area contributed by atoms with Crippen LogP contribution in [0, 0.1) is 0 Å². The maximum absolute atomic E-state index is 4.00. The average Bonchev–Trinajstić information content (AvgIpc) is 1.72. The molecule has 5 N–H and O–H groups in total. The minimum absolute atomic E-state index is 0.530. The summed E-state index contributed by atoms with van der Waals surface area (Å²) in [5.41, 5.74) is 0. The summed E-state index contributed by atoms with van der Waals surface area (Å²) in [6.07, 6.45) is 1.70. The van der Waals surface area contributed by atoms with E-state index in [9.17, 15) is 0 Å². The third-order valence-corrected chi connectivity index (χ3v) is 0.451. The molecule has 0 atom stereocenters. The molecule has 0 saturated heterocycles. The molecular formula is C5H15N3. The van der Waals surface area contributed by atoms with E-state index in [4.69, 9.17) is 0 Å². The Kier molecular flexibility index (Phi) is 12.6. The van der Waals surface area contributed by atoms with Crippen LogP contribution in [0.1, 0.15) is 13.8 Å². The molecule has 0 spiro atoms. The molecule has 0 bridgehead atoms. The second-order valence-corrected chi connectivity index (χ2v) is 1.53. The quantitative estimate of drug-likeness (QED) is 0.351. The van der Waals surface area contributed by atoms with E-state index in [1.807, 2.05) is 0 Å². The Bertz CT molecular complexity index is 42.9. The SMILES string of the molecule is C=CNC(C)C.NN. The molecule has 3 nitrogen and oxygen atoms in total. The van der Waals surface area contributed by atoms with Crippen molar-refractivity contribution in [2.75, 3.05) is 0 Å². The van der Waals surface area contributed by atoms with Gasteiger partial charge in [-0.2, -0.15) is 0 Å². The van der Waals surface area contributed by atoms with Crippen LogP contribution in [0.5, 0.6) is 0 Å². The van der Waals surface area contributed by atoms with Crippen molar-refractivity contribution in [3.63, 3.8) is 0 Å². The number of rotatable bonds is 2. The molecule has 0 aromatic rings. The maximum atomic E-state index is 4.00. The number of nitrogens with one attached hydrogen (secondary N) is 1. The van der Waals surface area contributed by atoms with Gasteiger partial charge in [0.1, 0.15) is 0 Å². The fraction of sp³-hybridized carbons (Fsp3) is 0.600. The van der Waals surface area contributed by atoms with Gasteiger partial charge in [-0.05, 0) is 20.0 Å².